The SMILES string of the molecule is COc1cccc(C(CN)N(C)CCOCC2CC2)c1. The van der Waals surface area contributed by atoms with Crippen LogP contribution in [0.3, 0.4) is 0 Å². The quantitative estimate of drug-likeness (QED) is 0.702. The van der Waals surface area contributed by atoms with Gasteiger partial charge in [-0.3, -0.25) is 4.90 Å². The molecule has 112 valence electrons. The Hall–Kier alpha value is -1.10. The second kappa shape index (κ2) is 7.62. The van der Waals surface area contributed by atoms with Crippen LogP contribution in [0.1, 0.15) is 24.4 Å². The van der Waals surface area contributed by atoms with Gasteiger partial charge in [0.1, 0.15) is 5.75 Å². The fraction of sp³-hybridized carbons (Fsp3) is 0.625. The lowest BCUT2D eigenvalue weighted by Crippen LogP contribution is -2.33. The highest BCUT2D eigenvalue weighted by atomic mass is 16.5. The highest BCUT2D eigenvalue weighted by Crippen LogP contribution is 2.28. The second-order valence-electron chi connectivity index (χ2n) is 5.53. The van der Waals surface area contributed by atoms with Gasteiger partial charge >= 0.3 is 0 Å². The maximum atomic E-state index is 5.94. The van der Waals surface area contributed by atoms with Gasteiger partial charge in [-0.25, -0.2) is 0 Å². The van der Waals surface area contributed by atoms with Crippen molar-refractivity contribution >= 4 is 0 Å². The van der Waals surface area contributed by atoms with Crippen LogP contribution in [0.5, 0.6) is 5.75 Å². The maximum absolute atomic E-state index is 5.94. The molecule has 1 aliphatic carbocycles. The number of ether oxygens (including phenoxy) is 2. The topological polar surface area (TPSA) is 47.7 Å². The molecule has 0 heterocycles. The second-order valence-corrected chi connectivity index (χ2v) is 5.53. The Kier molecular flexibility index (Phi) is 5.83. The number of methoxy groups -OCH3 is 1. The summed E-state index contributed by atoms with van der Waals surface area (Å²) in [5, 5.41) is 0. The summed E-state index contributed by atoms with van der Waals surface area (Å²) in [6, 6.07) is 8.32. The molecule has 0 bridgehead atoms. The summed E-state index contributed by atoms with van der Waals surface area (Å²) in [6.07, 6.45) is 2.68. The van der Waals surface area contributed by atoms with E-state index in [4.69, 9.17) is 15.2 Å². The number of hydrogen-bond donors (Lipinski definition) is 1. The van der Waals surface area contributed by atoms with Gasteiger partial charge in [-0.05, 0) is 43.5 Å². The van der Waals surface area contributed by atoms with Crippen molar-refractivity contribution in [2.45, 2.75) is 18.9 Å². The summed E-state index contributed by atoms with van der Waals surface area (Å²) >= 11 is 0. The molecular weight excluding hydrogens is 252 g/mol. The largest absolute Gasteiger partial charge is 0.497 e. The summed E-state index contributed by atoms with van der Waals surface area (Å²) in [5.74, 6) is 1.70. The molecule has 0 aromatic heterocycles. The van der Waals surface area contributed by atoms with E-state index in [2.05, 4.69) is 24.1 Å². The zero-order chi connectivity index (χ0) is 14.4. The van der Waals surface area contributed by atoms with Crippen LogP contribution in [0.4, 0.5) is 0 Å². The Morgan fingerprint density at radius 2 is 2.20 bits per heavy atom. The minimum absolute atomic E-state index is 0.203. The molecule has 0 spiro atoms. The van der Waals surface area contributed by atoms with Gasteiger partial charge in [0.15, 0.2) is 0 Å². The standard InChI is InChI=1S/C16H26N2O2/c1-18(8-9-20-12-13-6-7-13)16(11-17)14-4-3-5-15(10-14)19-2/h3-5,10,13,16H,6-9,11-12,17H2,1-2H3. The Morgan fingerprint density at radius 1 is 1.40 bits per heavy atom. The Morgan fingerprint density at radius 3 is 2.85 bits per heavy atom. The first kappa shape index (κ1) is 15.3. The molecule has 20 heavy (non-hydrogen) atoms. The molecule has 1 aromatic rings. The summed E-state index contributed by atoms with van der Waals surface area (Å²) in [6.45, 7) is 3.17. The lowest BCUT2D eigenvalue weighted by Gasteiger charge is -2.27. The predicted octanol–water partition coefficient (Wildman–Crippen LogP) is 2.05. The van der Waals surface area contributed by atoms with Crippen molar-refractivity contribution in [1.82, 2.24) is 4.90 Å². The third kappa shape index (κ3) is 4.47. The zero-order valence-corrected chi connectivity index (χ0v) is 12.5. The molecule has 1 atom stereocenters. The van der Waals surface area contributed by atoms with Gasteiger partial charge in [-0.15, -0.1) is 0 Å². The van der Waals surface area contributed by atoms with E-state index in [1.165, 1.54) is 18.4 Å². The van der Waals surface area contributed by atoms with E-state index in [1.807, 2.05) is 12.1 Å². The molecule has 0 amide bonds. The Balaban J connectivity index is 1.84. The van der Waals surface area contributed by atoms with E-state index in [-0.39, 0.29) is 6.04 Å². The fourth-order valence-corrected chi connectivity index (χ4v) is 2.32. The van der Waals surface area contributed by atoms with Crippen LogP contribution in [-0.4, -0.2) is 45.4 Å². The monoisotopic (exact) mass is 278 g/mol. The molecule has 1 aliphatic rings. The molecule has 1 fully saturated rings. The first-order valence-corrected chi connectivity index (χ1v) is 7.36. The normalized spacial score (nSPS) is 16.4. The number of rotatable bonds is 9. The van der Waals surface area contributed by atoms with Crippen molar-refractivity contribution in [2.24, 2.45) is 11.7 Å². The van der Waals surface area contributed by atoms with Gasteiger partial charge in [0.25, 0.3) is 0 Å². The van der Waals surface area contributed by atoms with Crippen molar-refractivity contribution < 1.29 is 9.47 Å². The van der Waals surface area contributed by atoms with Crippen LogP contribution in [-0.2, 0) is 4.74 Å². The van der Waals surface area contributed by atoms with Gasteiger partial charge < -0.3 is 15.2 Å². The first-order valence-electron chi connectivity index (χ1n) is 7.36. The highest BCUT2D eigenvalue weighted by molar-refractivity contribution is 5.30. The summed E-state index contributed by atoms with van der Waals surface area (Å²) in [7, 11) is 3.78. The summed E-state index contributed by atoms with van der Waals surface area (Å²) in [4.78, 5) is 2.25. The van der Waals surface area contributed by atoms with Gasteiger partial charge in [0.2, 0.25) is 0 Å². The Labute approximate surface area is 121 Å². The van der Waals surface area contributed by atoms with Crippen molar-refractivity contribution in [3.05, 3.63) is 29.8 Å². The molecular formula is C16H26N2O2. The van der Waals surface area contributed by atoms with Crippen molar-refractivity contribution in [3.63, 3.8) is 0 Å². The lowest BCUT2D eigenvalue weighted by molar-refractivity contribution is 0.0922. The lowest BCUT2D eigenvalue weighted by atomic mass is 10.1. The van der Waals surface area contributed by atoms with Crippen molar-refractivity contribution in [1.29, 1.82) is 0 Å². The molecule has 1 unspecified atom stereocenters. The smallest absolute Gasteiger partial charge is 0.119 e. The zero-order valence-electron chi connectivity index (χ0n) is 12.5. The molecule has 1 aromatic carbocycles. The fourth-order valence-electron chi connectivity index (χ4n) is 2.32. The van der Waals surface area contributed by atoms with Crippen LogP contribution in [0, 0.1) is 5.92 Å². The van der Waals surface area contributed by atoms with E-state index < -0.39 is 0 Å². The van der Waals surface area contributed by atoms with Gasteiger partial charge in [-0.1, -0.05) is 12.1 Å². The van der Waals surface area contributed by atoms with Crippen LogP contribution >= 0.6 is 0 Å². The van der Waals surface area contributed by atoms with Crippen LogP contribution in [0.15, 0.2) is 24.3 Å². The third-order valence-electron chi connectivity index (χ3n) is 3.87. The molecule has 0 aliphatic heterocycles. The molecule has 2 rings (SSSR count). The average Bonchev–Trinajstić information content (AvgIpc) is 3.29. The van der Waals surface area contributed by atoms with Crippen LogP contribution in [0.2, 0.25) is 0 Å². The van der Waals surface area contributed by atoms with E-state index >= 15 is 0 Å². The van der Waals surface area contributed by atoms with Gasteiger partial charge in [0, 0.05) is 25.7 Å². The van der Waals surface area contributed by atoms with Crippen LogP contribution < -0.4 is 10.5 Å². The van der Waals surface area contributed by atoms with E-state index in [0.717, 1.165) is 31.4 Å². The number of nitrogens with zero attached hydrogens (tertiary/aromatic N) is 1. The van der Waals surface area contributed by atoms with Gasteiger partial charge in [0.05, 0.1) is 13.7 Å². The molecule has 0 radical (unpaired) electrons. The maximum Gasteiger partial charge on any atom is 0.119 e. The highest BCUT2D eigenvalue weighted by Gasteiger charge is 2.21. The molecule has 2 N–H and O–H groups in total. The molecule has 1 saturated carbocycles. The number of likely N-dealkylation sites (N-methyl/N-ethyl adjacent to an activating group) is 1. The summed E-state index contributed by atoms with van der Waals surface area (Å²) in [5.41, 5.74) is 7.13. The van der Waals surface area contributed by atoms with Gasteiger partial charge in [-0.2, -0.15) is 0 Å². The number of hydrogen-bond acceptors (Lipinski definition) is 4. The van der Waals surface area contributed by atoms with E-state index in [0.29, 0.717) is 6.54 Å². The predicted molar refractivity (Wildman–Crippen MR) is 81.0 cm³/mol. The van der Waals surface area contributed by atoms with Crippen molar-refractivity contribution in [2.75, 3.05) is 40.5 Å². The average molecular weight is 278 g/mol. The molecule has 4 heteroatoms. The van der Waals surface area contributed by atoms with E-state index in [1.54, 1.807) is 7.11 Å². The number of nitrogens with two attached hydrogens (primary N) is 1. The number of benzene rings is 1. The minimum atomic E-state index is 0.203. The van der Waals surface area contributed by atoms with Crippen molar-refractivity contribution in [3.8, 4) is 5.75 Å². The minimum Gasteiger partial charge on any atom is -0.497 e. The summed E-state index contributed by atoms with van der Waals surface area (Å²) < 4.78 is 11.0. The Bertz CT molecular complexity index is 407. The third-order valence-corrected chi connectivity index (χ3v) is 3.87. The van der Waals surface area contributed by atoms with E-state index in [9.17, 15) is 0 Å². The molecule has 0 saturated heterocycles. The first-order chi connectivity index (χ1) is 9.74. The molecule has 4 nitrogen and oxygen atoms in total. The van der Waals surface area contributed by atoms with Crippen LogP contribution in [0.25, 0.3) is 0 Å².